The Labute approximate surface area is 139 Å². The summed E-state index contributed by atoms with van der Waals surface area (Å²) >= 11 is 9.69. The Balaban J connectivity index is 2.53. The first-order valence-electron chi connectivity index (χ1n) is 6.74. The van der Waals surface area contributed by atoms with Gasteiger partial charge in [0.05, 0.1) is 13.2 Å². The first kappa shape index (κ1) is 16.3. The number of aryl methyl sites for hydroxylation is 2. The number of hydrogen-bond donors (Lipinski definition) is 1. The molecule has 0 saturated heterocycles. The van der Waals surface area contributed by atoms with Gasteiger partial charge in [-0.2, -0.15) is 0 Å². The van der Waals surface area contributed by atoms with Crippen molar-refractivity contribution >= 4 is 27.5 Å². The second-order valence-corrected chi connectivity index (χ2v) is 6.45. The van der Waals surface area contributed by atoms with E-state index in [4.69, 9.17) is 16.3 Å². The van der Waals surface area contributed by atoms with Gasteiger partial charge in [0.2, 0.25) is 0 Å². The molecule has 0 aliphatic rings. The Morgan fingerprint density at radius 3 is 2.38 bits per heavy atom. The van der Waals surface area contributed by atoms with Gasteiger partial charge in [0.1, 0.15) is 5.75 Å². The summed E-state index contributed by atoms with van der Waals surface area (Å²) in [5, 5.41) is 4.10. The maximum atomic E-state index is 6.18. The molecular formula is C17H19BrClNO. The maximum absolute atomic E-state index is 6.18. The SMILES string of the molecule is CNC(c1cc(Cl)cc(Br)c1)c1cc(C)c(OC)cc1C. The average molecular weight is 369 g/mol. The Morgan fingerprint density at radius 2 is 1.81 bits per heavy atom. The van der Waals surface area contributed by atoms with Gasteiger partial charge in [-0.15, -0.1) is 0 Å². The van der Waals surface area contributed by atoms with Crippen LogP contribution >= 0.6 is 27.5 Å². The fraction of sp³-hybridized carbons (Fsp3) is 0.294. The predicted octanol–water partition coefficient (Wildman–Crippen LogP) is 5.04. The van der Waals surface area contributed by atoms with E-state index in [-0.39, 0.29) is 6.04 Å². The van der Waals surface area contributed by atoms with Crippen LogP contribution in [0.5, 0.6) is 5.75 Å². The smallest absolute Gasteiger partial charge is 0.122 e. The van der Waals surface area contributed by atoms with Crippen LogP contribution in [0.2, 0.25) is 5.02 Å². The summed E-state index contributed by atoms with van der Waals surface area (Å²) in [7, 11) is 3.66. The molecule has 1 unspecified atom stereocenters. The second-order valence-electron chi connectivity index (χ2n) is 5.10. The van der Waals surface area contributed by atoms with Gasteiger partial charge in [0, 0.05) is 9.50 Å². The Bertz CT molecular complexity index is 637. The van der Waals surface area contributed by atoms with Crippen LogP contribution in [0.15, 0.2) is 34.8 Å². The molecule has 0 saturated carbocycles. The van der Waals surface area contributed by atoms with E-state index in [0.29, 0.717) is 0 Å². The lowest BCUT2D eigenvalue weighted by molar-refractivity contribution is 0.411. The molecule has 4 heteroatoms. The van der Waals surface area contributed by atoms with E-state index in [1.54, 1.807) is 7.11 Å². The molecule has 0 aromatic heterocycles. The van der Waals surface area contributed by atoms with Crippen molar-refractivity contribution in [3.8, 4) is 5.75 Å². The maximum Gasteiger partial charge on any atom is 0.122 e. The van der Waals surface area contributed by atoms with Crippen LogP contribution in [-0.4, -0.2) is 14.2 Å². The van der Waals surface area contributed by atoms with Gasteiger partial charge in [-0.25, -0.2) is 0 Å². The van der Waals surface area contributed by atoms with Crippen LogP contribution in [0.25, 0.3) is 0 Å². The molecule has 112 valence electrons. The van der Waals surface area contributed by atoms with Crippen LogP contribution in [-0.2, 0) is 0 Å². The minimum absolute atomic E-state index is 0.0876. The zero-order valence-electron chi connectivity index (χ0n) is 12.6. The second kappa shape index (κ2) is 6.82. The van der Waals surface area contributed by atoms with Crippen LogP contribution in [0.4, 0.5) is 0 Å². The van der Waals surface area contributed by atoms with E-state index < -0.39 is 0 Å². The Morgan fingerprint density at radius 1 is 1.10 bits per heavy atom. The third-order valence-electron chi connectivity index (χ3n) is 3.60. The number of hydrogen-bond acceptors (Lipinski definition) is 2. The van der Waals surface area contributed by atoms with E-state index >= 15 is 0 Å². The van der Waals surface area contributed by atoms with Gasteiger partial charge in [-0.1, -0.05) is 33.6 Å². The summed E-state index contributed by atoms with van der Waals surface area (Å²) in [6.45, 7) is 4.16. The van der Waals surface area contributed by atoms with Crippen molar-refractivity contribution in [3.63, 3.8) is 0 Å². The highest BCUT2D eigenvalue weighted by Gasteiger charge is 2.17. The van der Waals surface area contributed by atoms with Gasteiger partial charge >= 0.3 is 0 Å². The van der Waals surface area contributed by atoms with E-state index in [1.165, 1.54) is 11.1 Å². The quantitative estimate of drug-likeness (QED) is 0.816. The lowest BCUT2D eigenvalue weighted by atomic mass is 9.93. The van der Waals surface area contributed by atoms with Crippen molar-refractivity contribution in [2.75, 3.05) is 14.2 Å². The van der Waals surface area contributed by atoms with Crippen LogP contribution in [0, 0.1) is 13.8 Å². The minimum Gasteiger partial charge on any atom is -0.496 e. The van der Waals surface area contributed by atoms with E-state index in [1.807, 2.05) is 19.2 Å². The van der Waals surface area contributed by atoms with Crippen molar-refractivity contribution in [1.82, 2.24) is 5.32 Å². The van der Waals surface area contributed by atoms with Gasteiger partial charge < -0.3 is 10.1 Å². The Hall–Kier alpha value is -1.03. The zero-order valence-corrected chi connectivity index (χ0v) is 15.0. The highest BCUT2D eigenvalue weighted by Crippen LogP contribution is 2.32. The van der Waals surface area contributed by atoms with Crippen LogP contribution in [0.1, 0.15) is 28.3 Å². The number of rotatable bonds is 4. The molecule has 0 radical (unpaired) electrons. The van der Waals surface area contributed by atoms with Crippen molar-refractivity contribution in [2.24, 2.45) is 0 Å². The summed E-state index contributed by atoms with van der Waals surface area (Å²) in [5.74, 6) is 0.915. The fourth-order valence-electron chi connectivity index (χ4n) is 2.59. The zero-order chi connectivity index (χ0) is 15.6. The number of benzene rings is 2. The molecule has 2 rings (SSSR count). The lowest BCUT2D eigenvalue weighted by Crippen LogP contribution is -2.19. The first-order valence-corrected chi connectivity index (χ1v) is 7.91. The molecule has 0 amide bonds. The summed E-state index contributed by atoms with van der Waals surface area (Å²) in [5.41, 5.74) is 4.67. The molecule has 0 aliphatic carbocycles. The number of methoxy groups -OCH3 is 1. The average Bonchev–Trinajstić information content (AvgIpc) is 2.42. The predicted molar refractivity (Wildman–Crippen MR) is 92.5 cm³/mol. The standard InChI is InChI=1S/C17H19BrClNO/c1-10-6-16(21-4)11(2)5-15(10)17(20-3)12-7-13(18)9-14(19)8-12/h5-9,17,20H,1-4H3. The first-order chi connectivity index (χ1) is 9.96. The molecule has 0 fully saturated rings. The van der Waals surface area contributed by atoms with Gasteiger partial charge in [0.25, 0.3) is 0 Å². The van der Waals surface area contributed by atoms with Crippen LogP contribution < -0.4 is 10.1 Å². The molecule has 0 bridgehead atoms. The third-order valence-corrected chi connectivity index (χ3v) is 4.28. The molecule has 1 atom stereocenters. The monoisotopic (exact) mass is 367 g/mol. The topological polar surface area (TPSA) is 21.3 Å². The van der Waals surface area contributed by atoms with Crippen molar-refractivity contribution in [1.29, 1.82) is 0 Å². The summed E-state index contributed by atoms with van der Waals surface area (Å²) in [6, 6.07) is 10.3. The molecule has 2 nitrogen and oxygen atoms in total. The Kier molecular flexibility index (Phi) is 5.31. The van der Waals surface area contributed by atoms with Crippen LogP contribution in [0.3, 0.4) is 0 Å². The van der Waals surface area contributed by atoms with E-state index in [2.05, 4.69) is 53.3 Å². The number of halogens is 2. The van der Waals surface area contributed by atoms with E-state index in [0.717, 1.165) is 26.4 Å². The fourth-order valence-corrected chi connectivity index (χ4v) is 3.47. The van der Waals surface area contributed by atoms with Crippen molar-refractivity contribution in [3.05, 3.63) is 62.1 Å². The molecule has 0 heterocycles. The molecule has 2 aromatic rings. The summed E-state index contributed by atoms with van der Waals surface area (Å²) < 4.78 is 6.37. The highest BCUT2D eigenvalue weighted by atomic mass is 79.9. The summed E-state index contributed by atoms with van der Waals surface area (Å²) in [6.07, 6.45) is 0. The number of nitrogens with one attached hydrogen (secondary N) is 1. The molecule has 0 spiro atoms. The molecule has 0 aliphatic heterocycles. The third kappa shape index (κ3) is 3.60. The lowest BCUT2D eigenvalue weighted by Gasteiger charge is -2.21. The van der Waals surface area contributed by atoms with Gasteiger partial charge in [0.15, 0.2) is 0 Å². The van der Waals surface area contributed by atoms with Crippen molar-refractivity contribution in [2.45, 2.75) is 19.9 Å². The molecule has 1 N–H and O–H groups in total. The van der Waals surface area contributed by atoms with Gasteiger partial charge in [-0.05, 0) is 67.4 Å². The number of ether oxygens (including phenoxy) is 1. The molecular weight excluding hydrogens is 350 g/mol. The highest BCUT2D eigenvalue weighted by molar-refractivity contribution is 9.10. The van der Waals surface area contributed by atoms with E-state index in [9.17, 15) is 0 Å². The summed E-state index contributed by atoms with van der Waals surface area (Å²) in [4.78, 5) is 0. The normalized spacial score (nSPS) is 12.3. The van der Waals surface area contributed by atoms with Gasteiger partial charge in [-0.3, -0.25) is 0 Å². The molecule has 2 aromatic carbocycles. The molecule has 21 heavy (non-hydrogen) atoms. The minimum atomic E-state index is 0.0876. The van der Waals surface area contributed by atoms with Crippen molar-refractivity contribution < 1.29 is 4.74 Å². The largest absolute Gasteiger partial charge is 0.496 e.